The van der Waals surface area contributed by atoms with Gasteiger partial charge < -0.3 is 15.2 Å². The Bertz CT molecular complexity index is 786. The van der Waals surface area contributed by atoms with E-state index in [0.29, 0.717) is 12.2 Å². The Morgan fingerprint density at radius 3 is 2.38 bits per heavy atom. The number of amides is 1. The van der Waals surface area contributed by atoms with Crippen molar-refractivity contribution in [3.8, 4) is 11.5 Å². The first kappa shape index (κ1) is 15.9. The molecule has 0 spiro atoms. The van der Waals surface area contributed by atoms with Crippen molar-refractivity contribution in [1.82, 2.24) is 5.32 Å². The van der Waals surface area contributed by atoms with E-state index >= 15 is 0 Å². The van der Waals surface area contributed by atoms with Crippen LogP contribution in [0, 0.1) is 0 Å². The third kappa shape index (κ3) is 2.78. The minimum absolute atomic E-state index is 0.122. The summed E-state index contributed by atoms with van der Waals surface area (Å²) < 4.78 is 10.4. The first-order chi connectivity index (χ1) is 11.6. The summed E-state index contributed by atoms with van der Waals surface area (Å²) in [5, 5.41) is 2.61. The number of guanidine groups is 1. The zero-order valence-electron chi connectivity index (χ0n) is 13.6. The normalized spacial score (nSPS) is 19.6. The molecule has 2 aromatic rings. The highest BCUT2D eigenvalue weighted by molar-refractivity contribution is 6.07. The summed E-state index contributed by atoms with van der Waals surface area (Å²) in [5.74, 6) is 1.29. The molecule has 124 valence electrons. The molecule has 3 rings (SSSR count). The molecule has 0 aromatic heterocycles. The van der Waals surface area contributed by atoms with Crippen molar-refractivity contribution in [2.75, 3.05) is 14.2 Å². The van der Waals surface area contributed by atoms with Crippen molar-refractivity contribution in [1.29, 1.82) is 0 Å². The largest absolute Gasteiger partial charge is 0.497 e. The fourth-order valence-electron chi connectivity index (χ4n) is 2.84. The van der Waals surface area contributed by atoms with Crippen LogP contribution in [0.25, 0.3) is 0 Å². The molecule has 2 aromatic carbocycles. The fraction of sp³-hybridized carbons (Fsp3) is 0.222. The van der Waals surface area contributed by atoms with Crippen LogP contribution in [0.2, 0.25) is 0 Å². The number of aliphatic imine (C=N–C) groups is 1. The maximum atomic E-state index is 12.7. The van der Waals surface area contributed by atoms with Crippen molar-refractivity contribution in [2.24, 2.45) is 10.7 Å². The third-order valence-corrected chi connectivity index (χ3v) is 4.09. The monoisotopic (exact) mass is 325 g/mol. The van der Waals surface area contributed by atoms with Gasteiger partial charge in [-0.05, 0) is 35.4 Å². The Morgan fingerprint density at radius 1 is 1.08 bits per heavy atom. The number of hydrogen-bond donors (Lipinski definition) is 2. The maximum absolute atomic E-state index is 12.7. The molecule has 1 aliphatic heterocycles. The lowest BCUT2D eigenvalue weighted by Gasteiger charge is -2.24. The zero-order valence-corrected chi connectivity index (χ0v) is 13.6. The number of carbonyl (C=O) groups excluding carboxylic acids is 1. The summed E-state index contributed by atoms with van der Waals surface area (Å²) in [6, 6.07) is 14.9. The minimum Gasteiger partial charge on any atom is -0.497 e. The molecule has 3 N–H and O–H groups in total. The lowest BCUT2D eigenvalue weighted by molar-refractivity contribution is -0.124. The third-order valence-electron chi connectivity index (χ3n) is 4.09. The summed E-state index contributed by atoms with van der Waals surface area (Å²) in [5.41, 5.74) is 6.35. The van der Waals surface area contributed by atoms with Gasteiger partial charge in [0.15, 0.2) is 11.5 Å². The van der Waals surface area contributed by atoms with Crippen molar-refractivity contribution in [3.05, 3.63) is 59.7 Å². The lowest BCUT2D eigenvalue weighted by Crippen LogP contribution is -2.40. The highest BCUT2D eigenvalue weighted by Crippen LogP contribution is 2.35. The van der Waals surface area contributed by atoms with Crippen LogP contribution in [0.3, 0.4) is 0 Å². The molecule has 0 bridgehead atoms. The van der Waals surface area contributed by atoms with E-state index in [-0.39, 0.29) is 11.9 Å². The van der Waals surface area contributed by atoms with Gasteiger partial charge in [-0.1, -0.05) is 24.3 Å². The second-order valence-corrected chi connectivity index (χ2v) is 5.57. The van der Waals surface area contributed by atoms with Gasteiger partial charge in [-0.3, -0.25) is 10.1 Å². The SMILES string of the molecule is COc1ccc(C[C@]2(c3cccc(OC)c3)N=C(N)NC2=O)cc1. The molecule has 0 saturated carbocycles. The lowest BCUT2D eigenvalue weighted by atomic mass is 9.84. The predicted molar refractivity (Wildman–Crippen MR) is 91.1 cm³/mol. The molecule has 24 heavy (non-hydrogen) atoms. The van der Waals surface area contributed by atoms with Crippen LogP contribution >= 0.6 is 0 Å². The summed E-state index contributed by atoms with van der Waals surface area (Å²) in [6.45, 7) is 0. The van der Waals surface area contributed by atoms with E-state index in [0.717, 1.165) is 16.9 Å². The van der Waals surface area contributed by atoms with E-state index in [2.05, 4.69) is 10.3 Å². The Labute approximate surface area is 140 Å². The first-order valence-corrected chi connectivity index (χ1v) is 7.51. The minimum atomic E-state index is -1.10. The van der Waals surface area contributed by atoms with Crippen LogP contribution in [0.15, 0.2) is 53.5 Å². The maximum Gasteiger partial charge on any atom is 0.259 e. The Hall–Kier alpha value is -3.02. The highest BCUT2D eigenvalue weighted by atomic mass is 16.5. The van der Waals surface area contributed by atoms with E-state index in [4.69, 9.17) is 15.2 Å². The molecule has 6 heteroatoms. The molecule has 1 heterocycles. The van der Waals surface area contributed by atoms with E-state index < -0.39 is 5.54 Å². The van der Waals surface area contributed by atoms with E-state index in [1.807, 2.05) is 48.5 Å². The van der Waals surface area contributed by atoms with Gasteiger partial charge in [0.25, 0.3) is 5.91 Å². The number of hydrogen-bond acceptors (Lipinski definition) is 5. The average Bonchev–Trinajstić information content (AvgIpc) is 2.90. The number of nitrogens with zero attached hydrogens (tertiary/aromatic N) is 1. The van der Waals surface area contributed by atoms with Crippen LogP contribution in [-0.2, 0) is 16.8 Å². The highest BCUT2D eigenvalue weighted by Gasteiger charge is 2.45. The molecular formula is C18H19N3O3. The topological polar surface area (TPSA) is 85.9 Å². The molecule has 0 unspecified atom stereocenters. The van der Waals surface area contributed by atoms with Crippen LogP contribution in [0.5, 0.6) is 11.5 Å². The number of methoxy groups -OCH3 is 2. The Balaban J connectivity index is 2.04. The van der Waals surface area contributed by atoms with Gasteiger partial charge in [0, 0.05) is 6.42 Å². The van der Waals surface area contributed by atoms with Crippen molar-refractivity contribution in [3.63, 3.8) is 0 Å². The average molecular weight is 325 g/mol. The zero-order chi connectivity index (χ0) is 17.2. The number of benzene rings is 2. The molecule has 0 aliphatic carbocycles. The van der Waals surface area contributed by atoms with Crippen LogP contribution in [-0.4, -0.2) is 26.1 Å². The second kappa shape index (κ2) is 6.23. The second-order valence-electron chi connectivity index (χ2n) is 5.57. The standard InChI is InChI=1S/C18H19N3O3/c1-23-14-8-6-12(7-9-14)11-18(16(22)20-17(19)21-18)13-4-3-5-15(10-13)24-2/h3-10H,11H2,1-2H3,(H3,19,20,21,22)/t18-/m1/s1. The van der Waals surface area contributed by atoms with Crippen LogP contribution in [0.1, 0.15) is 11.1 Å². The molecule has 0 saturated heterocycles. The molecule has 0 fully saturated rings. The number of rotatable bonds is 5. The quantitative estimate of drug-likeness (QED) is 0.874. The number of nitrogens with two attached hydrogens (primary N) is 1. The van der Waals surface area contributed by atoms with Crippen LogP contribution < -0.4 is 20.5 Å². The Kier molecular flexibility index (Phi) is 4.12. The summed E-state index contributed by atoms with van der Waals surface area (Å²) in [4.78, 5) is 17.1. The van der Waals surface area contributed by atoms with Gasteiger partial charge in [0.2, 0.25) is 0 Å². The van der Waals surface area contributed by atoms with Crippen molar-refractivity contribution >= 4 is 11.9 Å². The fourth-order valence-corrected chi connectivity index (χ4v) is 2.84. The number of ether oxygens (including phenoxy) is 2. The van der Waals surface area contributed by atoms with Crippen LogP contribution in [0.4, 0.5) is 0 Å². The molecule has 0 radical (unpaired) electrons. The smallest absolute Gasteiger partial charge is 0.259 e. The van der Waals surface area contributed by atoms with Gasteiger partial charge in [-0.15, -0.1) is 0 Å². The molecule has 1 atom stereocenters. The van der Waals surface area contributed by atoms with Gasteiger partial charge in [-0.25, -0.2) is 4.99 Å². The van der Waals surface area contributed by atoms with Gasteiger partial charge in [0.05, 0.1) is 14.2 Å². The van der Waals surface area contributed by atoms with Gasteiger partial charge >= 0.3 is 0 Å². The summed E-state index contributed by atoms with van der Waals surface area (Å²) >= 11 is 0. The van der Waals surface area contributed by atoms with Gasteiger partial charge in [0.1, 0.15) is 11.5 Å². The first-order valence-electron chi connectivity index (χ1n) is 7.51. The van der Waals surface area contributed by atoms with Crippen molar-refractivity contribution < 1.29 is 14.3 Å². The van der Waals surface area contributed by atoms with E-state index in [9.17, 15) is 4.79 Å². The summed E-state index contributed by atoms with van der Waals surface area (Å²) in [6.07, 6.45) is 0.386. The molecule has 1 aliphatic rings. The van der Waals surface area contributed by atoms with E-state index in [1.165, 1.54) is 0 Å². The summed E-state index contributed by atoms with van der Waals surface area (Å²) in [7, 11) is 3.20. The molecule has 6 nitrogen and oxygen atoms in total. The predicted octanol–water partition coefficient (Wildman–Crippen LogP) is 1.59. The van der Waals surface area contributed by atoms with Gasteiger partial charge in [-0.2, -0.15) is 0 Å². The van der Waals surface area contributed by atoms with Crippen molar-refractivity contribution in [2.45, 2.75) is 12.0 Å². The molecule has 1 amide bonds. The number of nitrogens with one attached hydrogen (secondary N) is 1. The number of carbonyl (C=O) groups is 1. The molecular weight excluding hydrogens is 306 g/mol. The Morgan fingerprint density at radius 2 is 1.79 bits per heavy atom. The van der Waals surface area contributed by atoms with E-state index in [1.54, 1.807) is 14.2 Å².